The third-order valence-corrected chi connectivity index (χ3v) is 2.06. The molecule has 0 aromatic heterocycles. The first-order valence-electron chi connectivity index (χ1n) is 5.23. The molecular weight excluding hydrogens is 146 g/mol. The molecule has 0 aliphatic carbocycles. The highest BCUT2D eigenvalue weighted by Crippen LogP contribution is 2.02. The summed E-state index contributed by atoms with van der Waals surface area (Å²) in [6, 6.07) is 0. The van der Waals surface area contributed by atoms with E-state index in [0.717, 1.165) is 5.92 Å². The molecule has 0 bridgehead atoms. The molecule has 0 rings (SSSR count). The predicted octanol–water partition coefficient (Wildman–Crippen LogP) is 3.40. The fourth-order valence-corrected chi connectivity index (χ4v) is 0.736. The van der Waals surface area contributed by atoms with Gasteiger partial charge in [0.25, 0.3) is 0 Å². The van der Waals surface area contributed by atoms with Crippen molar-refractivity contribution in [1.29, 1.82) is 0 Å². The van der Waals surface area contributed by atoms with Crippen LogP contribution >= 0.6 is 0 Å². The van der Waals surface area contributed by atoms with Crippen LogP contribution in [0.4, 0.5) is 0 Å². The maximum absolute atomic E-state index is 2.28. The first-order valence-corrected chi connectivity index (χ1v) is 5.23. The van der Waals surface area contributed by atoms with Crippen LogP contribution in [-0.4, -0.2) is 25.5 Å². The highest BCUT2D eigenvalue weighted by Gasteiger charge is 1.88. The lowest BCUT2D eigenvalue weighted by Crippen LogP contribution is -2.11. The molecule has 0 aromatic carbocycles. The average Bonchev–Trinajstić information content (AvgIpc) is 2.04. The van der Waals surface area contributed by atoms with Crippen LogP contribution in [0, 0.1) is 5.92 Å². The molecule has 1 heteroatoms. The van der Waals surface area contributed by atoms with Crippen LogP contribution in [0.5, 0.6) is 0 Å². The molecule has 0 spiro atoms. The molecule has 0 saturated carbocycles. The van der Waals surface area contributed by atoms with Gasteiger partial charge in [-0.25, -0.2) is 0 Å². The summed E-state index contributed by atoms with van der Waals surface area (Å²) in [4.78, 5) is 2.18. The van der Waals surface area contributed by atoms with Gasteiger partial charge >= 0.3 is 0 Å². The van der Waals surface area contributed by atoms with Crippen molar-refractivity contribution in [1.82, 2.24) is 4.90 Å². The molecule has 0 saturated heterocycles. The molecule has 0 N–H and O–H groups in total. The standard InChI is InChI=1S/C6H14.C5H13N/c1-4-6(3)5-2;1-4-5-6(2)3/h6H,4-5H2,1-3H3;4-5H2,1-3H3. The van der Waals surface area contributed by atoms with E-state index < -0.39 is 0 Å². The summed E-state index contributed by atoms with van der Waals surface area (Å²) in [5.74, 6) is 0.935. The molecule has 0 aliphatic heterocycles. The first-order chi connectivity index (χ1) is 5.58. The largest absolute Gasteiger partial charge is 0.309 e. The van der Waals surface area contributed by atoms with E-state index in [9.17, 15) is 0 Å². The predicted molar refractivity (Wildman–Crippen MR) is 58.6 cm³/mol. The fourth-order valence-electron chi connectivity index (χ4n) is 0.736. The van der Waals surface area contributed by atoms with E-state index in [2.05, 4.69) is 46.7 Å². The minimum Gasteiger partial charge on any atom is -0.309 e. The molecule has 76 valence electrons. The van der Waals surface area contributed by atoms with Gasteiger partial charge in [0, 0.05) is 0 Å². The Kier molecular flexibility index (Phi) is 13.2. The number of hydrogen-bond donors (Lipinski definition) is 0. The van der Waals surface area contributed by atoms with E-state index in [0.29, 0.717) is 0 Å². The summed E-state index contributed by atoms with van der Waals surface area (Å²) in [5, 5.41) is 0. The van der Waals surface area contributed by atoms with Crippen molar-refractivity contribution in [2.24, 2.45) is 5.92 Å². The van der Waals surface area contributed by atoms with Gasteiger partial charge in [-0.05, 0) is 33.0 Å². The molecule has 0 aliphatic rings. The summed E-state index contributed by atoms with van der Waals surface area (Å²) in [5.41, 5.74) is 0. The zero-order chi connectivity index (χ0) is 9.98. The van der Waals surface area contributed by atoms with Crippen LogP contribution in [0.1, 0.15) is 47.0 Å². The molecule has 0 fully saturated rings. The topological polar surface area (TPSA) is 3.24 Å². The Labute approximate surface area is 79.2 Å². The quantitative estimate of drug-likeness (QED) is 0.630. The van der Waals surface area contributed by atoms with Crippen molar-refractivity contribution in [3.05, 3.63) is 0 Å². The van der Waals surface area contributed by atoms with Gasteiger partial charge in [0.15, 0.2) is 0 Å². The number of rotatable bonds is 4. The zero-order valence-corrected chi connectivity index (χ0v) is 9.85. The lowest BCUT2D eigenvalue weighted by atomic mass is 10.1. The second-order valence-electron chi connectivity index (χ2n) is 3.72. The van der Waals surface area contributed by atoms with Gasteiger partial charge in [-0.2, -0.15) is 0 Å². The van der Waals surface area contributed by atoms with E-state index in [1.54, 1.807) is 0 Å². The highest BCUT2D eigenvalue weighted by molar-refractivity contribution is 4.41. The van der Waals surface area contributed by atoms with Crippen LogP contribution in [0.25, 0.3) is 0 Å². The number of hydrogen-bond acceptors (Lipinski definition) is 1. The highest BCUT2D eigenvalue weighted by atomic mass is 15.0. The molecule has 0 radical (unpaired) electrons. The Morgan fingerprint density at radius 3 is 1.42 bits per heavy atom. The lowest BCUT2D eigenvalue weighted by Gasteiger charge is -2.03. The van der Waals surface area contributed by atoms with Gasteiger partial charge in [-0.15, -0.1) is 0 Å². The SMILES string of the molecule is CCC(C)CC.CCCN(C)C. The minimum atomic E-state index is 0.935. The number of nitrogens with zero attached hydrogens (tertiary/aromatic N) is 1. The second-order valence-corrected chi connectivity index (χ2v) is 3.72. The van der Waals surface area contributed by atoms with Crippen molar-refractivity contribution in [2.45, 2.75) is 47.0 Å². The van der Waals surface area contributed by atoms with Crippen LogP contribution in [0.2, 0.25) is 0 Å². The van der Waals surface area contributed by atoms with Crippen molar-refractivity contribution < 1.29 is 0 Å². The van der Waals surface area contributed by atoms with E-state index in [1.807, 2.05) is 0 Å². The van der Waals surface area contributed by atoms with Gasteiger partial charge in [0.1, 0.15) is 0 Å². The Morgan fingerprint density at radius 1 is 1.00 bits per heavy atom. The summed E-state index contributed by atoms with van der Waals surface area (Å²) < 4.78 is 0. The van der Waals surface area contributed by atoms with Crippen LogP contribution in [-0.2, 0) is 0 Å². The van der Waals surface area contributed by atoms with Crippen LogP contribution in [0.15, 0.2) is 0 Å². The Bertz CT molecular complexity index is 65.4. The van der Waals surface area contributed by atoms with Gasteiger partial charge in [0.2, 0.25) is 0 Å². The third kappa shape index (κ3) is 16.5. The average molecular weight is 173 g/mol. The van der Waals surface area contributed by atoms with E-state index in [4.69, 9.17) is 0 Å². The molecule has 0 amide bonds. The van der Waals surface area contributed by atoms with E-state index in [-0.39, 0.29) is 0 Å². The Balaban J connectivity index is 0. The molecular formula is C11H27N. The normalized spacial score (nSPS) is 10.0. The summed E-state index contributed by atoms with van der Waals surface area (Å²) in [6.07, 6.45) is 3.92. The molecule has 0 atom stereocenters. The van der Waals surface area contributed by atoms with Crippen LogP contribution in [0.3, 0.4) is 0 Å². The van der Waals surface area contributed by atoms with Gasteiger partial charge in [-0.3, -0.25) is 0 Å². The molecule has 1 nitrogen and oxygen atoms in total. The summed E-state index contributed by atoms with van der Waals surface area (Å²) in [6.45, 7) is 10.1. The summed E-state index contributed by atoms with van der Waals surface area (Å²) >= 11 is 0. The van der Waals surface area contributed by atoms with Crippen molar-refractivity contribution in [3.8, 4) is 0 Å². The van der Waals surface area contributed by atoms with E-state index in [1.165, 1.54) is 25.8 Å². The van der Waals surface area contributed by atoms with Crippen molar-refractivity contribution >= 4 is 0 Å². The Hall–Kier alpha value is -0.0400. The second kappa shape index (κ2) is 11.0. The van der Waals surface area contributed by atoms with Gasteiger partial charge in [-0.1, -0.05) is 40.5 Å². The van der Waals surface area contributed by atoms with Crippen molar-refractivity contribution in [2.75, 3.05) is 20.6 Å². The van der Waals surface area contributed by atoms with Crippen molar-refractivity contribution in [3.63, 3.8) is 0 Å². The first kappa shape index (κ1) is 14.5. The Morgan fingerprint density at radius 2 is 1.42 bits per heavy atom. The van der Waals surface area contributed by atoms with Crippen LogP contribution < -0.4 is 0 Å². The third-order valence-electron chi connectivity index (χ3n) is 2.06. The van der Waals surface area contributed by atoms with Gasteiger partial charge in [0.05, 0.1) is 0 Å². The summed E-state index contributed by atoms with van der Waals surface area (Å²) in [7, 11) is 4.17. The maximum atomic E-state index is 2.28. The van der Waals surface area contributed by atoms with Gasteiger partial charge < -0.3 is 4.90 Å². The molecule has 0 unspecified atom stereocenters. The smallest absolute Gasteiger partial charge is 0.00275 e. The zero-order valence-electron chi connectivity index (χ0n) is 9.85. The maximum Gasteiger partial charge on any atom is -0.00275 e. The fraction of sp³-hybridized carbons (Fsp3) is 1.00. The monoisotopic (exact) mass is 173 g/mol. The molecule has 12 heavy (non-hydrogen) atoms. The van der Waals surface area contributed by atoms with E-state index >= 15 is 0 Å². The minimum absolute atomic E-state index is 0.935. The molecule has 0 heterocycles. The molecule has 0 aromatic rings. The lowest BCUT2D eigenvalue weighted by molar-refractivity contribution is 0.408.